The number of fused-ring (bicyclic) bond motifs is 1. The first-order valence-corrected chi connectivity index (χ1v) is 8.63. The number of hydrogen-bond acceptors (Lipinski definition) is 4. The molecule has 1 unspecified atom stereocenters. The molecule has 0 radical (unpaired) electrons. The van der Waals surface area contributed by atoms with Gasteiger partial charge < -0.3 is 14.8 Å². The molecule has 24 heavy (non-hydrogen) atoms. The van der Waals surface area contributed by atoms with Gasteiger partial charge >= 0.3 is 0 Å². The Morgan fingerprint density at radius 1 is 1.38 bits per heavy atom. The molecule has 0 spiro atoms. The highest BCUT2D eigenvalue weighted by Gasteiger charge is 2.20. The van der Waals surface area contributed by atoms with Crippen LogP contribution in [0.4, 0.5) is 0 Å². The number of nitrogens with zero attached hydrogens (tertiary/aromatic N) is 2. The molecule has 0 amide bonds. The van der Waals surface area contributed by atoms with Gasteiger partial charge in [-0.25, -0.2) is 0 Å². The Hall–Kier alpha value is -2.01. The van der Waals surface area contributed by atoms with Crippen molar-refractivity contribution in [1.82, 2.24) is 15.1 Å². The lowest BCUT2D eigenvalue weighted by Gasteiger charge is -2.19. The van der Waals surface area contributed by atoms with Crippen molar-refractivity contribution in [2.45, 2.75) is 39.2 Å². The number of methoxy groups -OCH3 is 1. The largest absolute Gasteiger partial charge is 0.497 e. The molecule has 5 nitrogen and oxygen atoms in total. The van der Waals surface area contributed by atoms with E-state index in [1.165, 1.54) is 16.8 Å². The van der Waals surface area contributed by atoms with Gasteiger partial charge in [0.05, 0.1) is 19.4 Å². The second-order valence-corrected chi connectivity index (χ2v) is 6.42. The first kappa shape index (κ1) is 16.8. The number of rotatable bonds is 5. The highest BCUT2D eigenvalue weighted by atomic mass is 16.5. The minimum absolute atomic E-state index is 0.325. The molecule has 0 fully saturated rings. The smallest absolute Gasteiger partial charge is 0.127 e. The van der Waals surface area contributed by atoms with E-state index in [1.807, 2.05) is 23.9 Å². The second kappa shape index (κ2) is 7.26. The first-order chi connectivity index (χ1) is 11.6. The van der Waals surface area contributed by atoms with E-state index < -0.39 is 0 Å². The lowest BCUT2D eigenvalue weighted by molar-refractivity contribution is 0.313. The van der Waals surface area contributed by atoms with E-state index in [2.05, 4.69) is 30.3 Å². The zero-order chi connectivity index (χ0) is 17.1. The molecule has 1 aromatic carbocycles. The monoisotopic (exact) mass is 329 g/mol. The topological polar surface area (TPSA) is 48.3 Å². The summed E-state index contributed by atoms with van der Waals surface area (Å²) in [6.07, 6.45) is 3.14. The van der Waals surface area contributed by atoms with Gasteiger partial charge in [0.15, 0.2) is 0 Å². The molecular formula is C19H27N3O2. The molecule has 2 aromatic rings. The van der Waals surface area contributed by atoms with Gasteiger partial charge in [-0.2, -0.15) is 5.10 Å². The van der Waals surface area contributed by atoms with Crippen molar-refractivity contribution in [2.24, 2.45) is 7.05 Å². The number of aryl methyl sites for hydroxylation is 2. The van der Waals surface area contributed by atoms with E-state index in [4.69, 9.17) is 9.47 Å². The van der Waals surface area contributed by atoms with E-state index in [0.29, 0.717) is 6.04 Å². The molecular weight excluding hydrogens is 302 g/mol. The zero-order valence-electron chi connectivity index (χ0n) is 15.1. The molecule has 1 aromatic heterocycles. The zero-order valence-corrected chi connectivity index (χ0v) is 15.1. The van der Waals surface area contributed by atoms with Crippen LogP contribution in [0.5, 0.6) is 11.5 Å². The molecule has 1 N–H and O–H groups in total. The highest BCUT2D eigenvalue weighted by Crippen LogP contribution is 2.34. The molecule has 5 heteroatoms. The van der Waals surface area contributed by atoms with Crippen molar-refractivity contribution in [1.29, 1.82) is 0 Å². The summed E-state index contributed by atoms with van der Waals surface area (Å²) in [6, 6.07) is 6.45. The van der Waals surface area contributed by atoms with Gasteiger partial charge in [-0.05, 0) is 51.3 Å². The Labute approximate surface area is 144 Å². The van der Waals surface area contributed by atoms with Gasteiger partial charge in [0.25, 0.3) is 0 Å². The number of benzene rings is 1. The third kappa shape index (κ3) is 3.41. The van der Waals surface area contributed by atoms with Gasteiger partial charge in [0.1, 0.15) is 11.5 Å². The summed E-state index contributed by atoms with van der Waals surface area (Å²) in [5.41, 5.74) is 4.97. The molecule has 130 valence electrons. The molecule has 0 aliphatic carbocycles. The summed E-state index contributed by atoms with van der Waals surface area (Å²) >= 11 is 0. The van der Waals surface area contributed by atoms with Crippen LogP contribution in [0.1, 0.15) is 41.4 Å². The number of aromatic nitrogens is 2. The first-order valence-electron chi connectivity index (χ1n) is 8.63. The summed E-state index contributed by atoms with van der Waals surface area (Å²) in [5.74, 6) is 1.79. The molecule has 2 heterocycles. The normalized spacial score (nSPS) is 17.1. The average Bonchev–Trinajstić information content (AvgIpc) is 2.75. The number of hydrogen-bond donors (Lipinski definition) is 1. The summed E-state index contributed by atoms with van der Waals surface area (Å²) in [4.78, 5) is 0. The summed E-state index contributed by atoms with van der Waals surface area (Å²) in [6.45, 7) is 5.92. The Balaban J connectivity index is 1.69. The Morgan fingerprint density at radius 2 is 2.21 bits per heavy atom. The van der Waals surface area contributed by atoms with Crippen molar-refractivity contribution in [3.63, 3.8) is 0 Å². The second-order valence-electron chi connectivity index (χ2n) is 6.42. The van der Waals surface area contributed by atoms with Crippen molar-refractivity contribution in [3.05, 3.63) is 40.7 Å². The third-order valence-corrected chi connectivity index (χ3v) is 4.92. The fourth-order valence-corrected chi connectivity index (χ4v) is 3.44. The van der Waals surface area contributed by atoms with E-state index in [9.17, 15) is 0 Å². The number of nitrogens with one attached hydrogen (secondary N) is 1. The lowest BCUT2D eigenvalue weighted by atomic mass is 10.0. The maximum Gasteiger partial charge on any atom is 0.127 e. The minimum atomic E-state index is 0.325. The highest BCUT2D eigenvalue weighted by molar-refractivity contribution is 5.43. The maximum atomic E-state index is 5.89. The molecule has 1 aliphatic heterocycles. The molecule has 0 saturated carbocycles. The summed E-state index contributed by atoms with van der Waals surface area (Å²) in [5, 5.41) is 8.21. The van der Waals surface area contributed by atoms with Gasteiger partial charge in [-0.3, -0.25) is 4.68 Å². The SMILES string of the molecule is COc1ccc2c(c1)OCCCC2NCCc1c(C)nn(C)c1C. The molecule has 1 aliphatic rings. The van der Waals surface area contributed by atoms with E-state index >= 15 is 0 Å². The van der Waals surface area contributed by atoms with Crippen LogP contribution < -0.4 is 14.8 Å². The maximum absolute atomic E-state index is 5.89. The van der Waals surface area contributed by atoms with Crippen LogP contribution in [0.25, 0.3) is 0 Å². The summed E-state index contributed by atoms with van der Waals surface area (Å²) < 4.78 is 13.2. The van der Waals surface area contributed by atoms with Crippen molar-refractivity contribution in [3.8, 4) is 11.5 Å². The van der Waals surface area contributed by atoms with Gasteiger partial charge in [-0.1, -0.05) is 6.07 Å². The Bertz CT molecular complexity index is 709. The van der Waals surface area contributed by atoms with Crippen LogP contribution in [-0.4, -0.2) is 30.0 Å². The molecule has 0 saturated heterocycles. The third-order valence-electron chi connectivity index (χ3n) is 4.92. The van der Waals surface area contributed by atoms with E-state index in [-0.39, 0.29) is 0 Å². The van der Waals surface area contributed by atoms with Gasteiger partial charge in [0.2, 0.25) is 0 Å². The number of ether oxygens (including phenoxy) is 2. The van der Waals surface area contributed by atoms with E-state index in [0.717, 1.165) is 49.6 Å². The average molecular weight is 329 g/mol. The Morgan fingerprint density at radius 3 is 2.92 bits per heavy atom. The Kier molecular flexibility index (Phi) is 5.09. The standard InChI is InChI=1S/C19H27N3O2/c1-13-16(14(2)22(3)21-13)9-10-20-18-6-5-11-24-19-12-15(23-4)7-8-17(18)19/h7-8,12,18,20H,5-6,9-11H2,1-4H3. The summed E-state index contributed by atoms with van der Waals surface area (Å²) in [7, 11) is 3.69. The predicted octanol–water partition coefficient (Wildman–Crippen LogP) is 3.09. The minimum Gasteiger partial charge on any atom is -0.497 e. The molecule has 3 rings (SSSR count). The fraction of sp³-hybridized carbons (Fsp3) is 0.526. The van der Waals surface area contributed by atoms with Gasteiger partial charge in [0, 0.05) is 30.4 Å². The van der Waals surface area contributed by atoms with Crippen LogP contribution in [0.2, 0.25) is 0 Å². The van der Waals surface area contributed by atoms with E-state index in [1.54, 1.807) is 7.11 Å². The van der Waals surface area contributed by atoms with Gasteiger partial charge in [-0.15, -0.1) is 0 Å². The lowest BCUT2D eigenvalue weighted by Crippen LogP contribution is -2.23. The molecule has 0 bridgehead atoms. The molecule has 1 atom stereocenters. The van der Waals surface area contributed by atoms with Crippen molar-refractivity contribution in [2.75, 3.05) is 20.3 Å². The quantitative estimate of drug-likeness (QED) is 0.916. The fourth-order valence-electron chi connectivity index (χ4n) is 3.44. The van der Waals surface area contributed by atoms with Crippen molar-refractivity contribution >= 4 is 0 Å². The predicted molar refractivity (Wildman–Crippen MR) is 94.9 cm³/mol. The van der Waals surface area contributed by atoms with Crippen molar-refractivity contribution < 1.29 is 9.47 Å². The van der Waals surface area contributed by atoms with Crippen LogP contribution >= 0.6 is 0 Å². The van der Waals surface area contributed by atoms with Crippen LogP contribution in [0.3, 0.4) is 0 Å². The van der Waals surface area contributed by atoms with Crippen LogP contribution in [0, 0.1) is 13.8 Å². The van der Waals surface area contributed by atoms with Crippen LogP contribution in [0.15, 0.2) is 18.2 Å². The van der Waals surface area contributed by atoms with Crippen LogP contribution in [-0.2, 0) is 13.5 Å².